The third kappa shape index (κ3) is 6.77. The van der Waals surface area contributed by atoms with E-state index in [4.69, 9.17) is 0 Å². The number of alkyl halides is 3. The van der Waals surface area contributed by atoms with Crippen molar-refractivity contribution in [1.82, 2.24) is 0 Å². The number of rotatable bonds is 6. The van der Waals surface area contributed by atoms with Gasteiger partial charge in [0.05, 0.1) is 5.69 Å². The Bertz CT molecular complexity index is 1010. The molecule has 2 N–H and O–H groups in total. The van der Waals surface area contributed by atoms with E-state index in [1.807, 2.05) is 30.3 Å². The number of para-hydroxylation sites is 1. The van der Waals surface area contributed by atoms with Crippen LogP contribution in [-0.2, 0) is 6.42 Å². The molecule has 4 nitrogen and oxygen atoms in total. The molecule has 0 spiro atoms. The lowest BCUT2D eigenvalue weighted by Gasteiger charge is -2.13. The summed E-state index contributed by atoms with van der Waals surface area (Å²) in [6.45, 7) is 4.34. The van der Waals surface area contributed by atoms with Crippen LogP contribution in [0.3, 0.4) is 0 Å². The molecule has 0 aliphatic carbocycles. The summed E-state index contributed by atoms with van der Waals surface area (Å²) in [5.74, 6) is 0.210. The number of hydrogen-bond donors (Lipinski definition) is 2. The molecule has 0 fully saturated rings. The second-order valence-corrected chi connectivity index (χ2v) is 7.49. The van der Waals surface area contributed by atoms with Gasteiger partial charge < -0.3 is 15.4 Å². The van der Waals surface area contributed by atoms with Gasteiger partial charge in [0.1, 0.15) is 5.75 Å². The number of anilines is 2. The first-order valence-electron chi connectivity index (χ1n) is 9.82. The summed E-state index contributed by atoms with van der Waals surface area (Å²) >= 11 is 0. The molecule has 3 rings (SSSR count). The third-order valence-electron chi connectivity index (χ3n) is 4.43. The van der Waals surface area contributed by atoms with Crippen molar-refractivity contribution in [2.75, 3.05) is 10.6 Å². The van der Waals surface area contributed by atoms with Crippen LogP contribution in [-0.4, -0.2) is 12.4 Å². The maximum Gasteiger partial charge on any atom is 0.573 e. The first-order chi connectivity index (χ1) is 14.7. The Morgan fingerprint density at radius 1 is 0.903 bits per heavy atom. The van der Waals surface area contributed by atoms with Crippen LogP contribution in [0.25, 0.3) is 11.1 Å². The molecule has 0 bridgehead atoms. The molecule has 31 heavy (non-hydrogen) atoms. The summed E-state index contributed by atoms with van der Waals surface area (Å²) < 4.78 is 40.6. The van der Waals surface area contributed by atoms with Crippen molar-refractivity contribution >= 4 is 17.4 Å². The molecule has 0 aliphatic heterocycles. The van der Waals surface area contributed by atoms with E-state index in [2.05, 4.69) is 41.4 Å². The van der Waals surface area contributed by atoms with Gasteiger partial charge >= 0.3 is 12.4 Å². The lowest BCUT2D eigenvalue weighted by molar-refractivity contribution is -0.274. The molecule has 3 aromatic rings. The number of carbonyl (C=O) groups is 1. The van der Waals surface area contributed by atoms with Gasteiger partial charge in [-0.1, -0.05) is 56.3 Å². The fraction of sp³-hybridized carbons (Fsp3) is 0.208. The molecule has 0 aliphatic rings. The molecule has 0 heterocycles. The van der Waals surface area contributed by atoms with Crippen LogP contribution in [0.5, 0.6) is 5.75 Å². The van der Waals surface area contributed by atoms with Crippen molar-refractivity contribution in [3.63, 3.8) is 0 Å². The Kier molecular flexibility index (Phi) is 6.84. The number of benzene rings is 3. The van der Waals surface area contributed by atoms with E-state index >= 15 is 0 Å². The minimum atomic E-state index is -4.76. The van der Waals surface area contributed by atoms with Crippen molar-refractivity contribution in [3.05, 3.63) is 78.4 Å². The van der Waals surface area contributed by atoms with E-state index < -0.39 is 12.4 Å². The van der Waals surface area contributed by atoms with Gasteiger partial charge in [-0.25, -0.2) is 4.79 Å². The van der Waals surface area contributed by atoms with Gasteiger partial charge in [-0.2, -0.15) is 0 Å². The maximum absolute atomic E-state index is 12.4. The molecule has 0 saturated carbocycles. The zero-order valence-corrected chi connectivity index (χ0v) is 17.2. The van der Waals surface area contributed by atoms with Gasteiger partial charge in [-0.05, 0) is 53.8 Å². The van der Waals surface area contributed by atoms with E-state index in [0.29, 0.717) is 17.3 Å². The summed E-state index contributed by atoms with van der Waals surface area (Å²) in [5, 5.41) is 5.40. The summed E-state index contributed by atoms with van der Waals surface area (Å²) in [4.78, 5) is 12.4. The molecule has 162 valence electrons. The normalized spacial score (nSPS) is 11.3. The molecule has 0 aromatic heterocycles. The van der Waals surface area contributed by atoms with E-state index in [-0.39, 0.29) is 5.75 Å². The summed E-state index contributed by atoms with van der Waals surface area (Å²) in [5.41, 5.74) is 4.04. The average molecular weight is 428 g/mol. The zero-order valence-electron chi connectivity index (χ0n) is 17.2. The van der Waals surface area contributed by atoms with Crippen molar-refractivity contribution in [2.45, 2.75) is 26.6 Å². The maximum atomic E-state index is 12.4. The van der Waals surface area contributed by atoms with Gasteiger partial charge in [-0.3, -0.25) is 0 Å². The molecular weight excluding hydrogens is 405 g/mol. The van der Waals surface area contributed by atoms with Crippen molar-refractivity contribution < 1.29 is 22.7 Å². The fourth-order valence-corrected chi connectivity index (χ4v) is 3.16. The molecule has 7 heteroatoms. The van der Waals surface area contributed by atoms with E-state index in [1.165, 1.54) is 17.7 Å². The molecule has 3 aromatic carbocycles. The van der Waals surface area contributed by atoms with Crippen LogP contribution in [0.2, 0.25) is 0 Å². The number of nitrogens with one attached hydrogen (secondary N) is 2. The zero-order chi connectivity index (χ0) is 22.4. The minimum Gasteiger partial charge on any atom is -0.406 e. The number of halogens is 3. The summed E-state index contributed by atoms with van der Waals surface area (Å²) in [6.07, 6.45) is -3.77. The highest BCUT2D eigenvalue weighted by Gasteiger charge is 2.30. The first kappa shape index (κ1) is 22.2. The monoisotopic (exact) mass is 428 g/mol. The van der Waals surface area contributed by atoms with E-state index in [9.17, 15) is 18.0 Å². The summed E-state index contributed by atoms with van der Waals surface area (Å²) in [6, 6.07) is 20.0. The molecule has 2 amide bonds. The Labute approximate surface area is 179 Å². The predicted molar refractivity (Wildman–Crippen MR) is 116 cm³/mol. The first-order valence-corrected chi connectivity index (χ1v) is 9.82. The smallest absolute Gasteiger partial charge is 0.406 e. The SMILES string of the molecule is CC(C)Cc1ccc(-c2ccccc2NC(=O)Nc2ccc(OC(F)(F)F)cc2)cc1. The second kappa shape index (κ2) is 9.55. The second-order valence-electron chi connectivity index (χ2n) is 7.49. The van der Waals surface area contributed by atoms with Crippen LogP contribution in [0.1, 0.15) is 19.4 Å². The minimum absolute atomic E-state index is 0.336. The van der Waals surface area contributed by atoms with E-state index in [0.717, 1.165) is 29.7 Å². The highest BCUT2D eigenvalue weighted by molar-refractivity contribution is 6.02. The Balaban J connectivity index is 1.68. The standard InChI is InChI=1S/C24H23F3N2O2/c1-16(2)15-17-7-9-18(10-8-17)21-5-3-4-6-22(21)29-23(30)28-19-11-13-20(14-12-19)31-24(25,26)27/h3-14,16H,15H2,1-2H3,(H2,28,29,30). The highest BCUT2D eigenvalue weighted by Crippen LogP contribution is 2.29. The molecular formula is C24H23F3N2O2. The number of amides is 2. The van der Waals surface area contributed by atoms with Gasteiger partial charge in [0, 0.05) is 11.3 Å². The Morgan fingerprint density at radius 3 is 2.16 bits per heavy atom. The average Bonchev–Trinajstić information content (AvgIpc) is 2.69. The van der Waals surface area contributed by atoms with Gasteiger partial charge in [0.15, 0.2) is 0 Å². The quantitative estimate of drug-likeness (QED) is 0.440. The van der Waals surface area contributed by atoms with Crippen LogP contribution in [0.15, 0.2) is 72.8 Å². The van der Waals surface area contributed by atoms with Gasteiger partial charge in [0.2, 0.25) is 0 Å². The Hall–Kier alpha value is -3.48. The molecule has 0 radical (unpaired) electrons. The molecule has 0 saturated heterocycles. The number of hydrogen-bond acceptors (Lipinski definition) is 2. The third-order valence-corrected chi connectivity index (χ3v) is 4.43. The highest BCUT2D eigenvalue weighted by atomic mass is 19.4. The number of urea groups is 1. The topological polar surface area (TPSA) is 50.4 Å². The van der Waals surface area contributed by atoms with Crippen LogP contribution in [0.4, 0.5) is 29.3 Å². The van der Waals surface area contributed by atoms with Crippen molar-refractivity contribution in [1.29, 1.82) is 0 Å². The summed E-state index contributed by atoms with van der Waals surface area (Å²) in [7, 11) is 0. The number of ether oxygens (including phenoxy) is 1. The molecule has 0 unspecified atom stereocenters. The predicted octanol–water partition coefficient (Wildman–Crippen LogP) is 7.09. The van der Waals surface area contributed by atoms with Crippen molar-refractivity contribution in [3.8, 4) is 16.9 Å². The van der Waals surface area contributed by atoms with Gasteiger partial charge in [-0.15, -0.1) is 13.2 Å². The van der Waals surface area contributed by atoms with E-state index in [1.54, 1.807) is 6.07 Å². The van der Waals surface area contributed by atoms with Crippen LogP contribution < -0.4 is 15.4 Å². The largest absolute Gasteiger partial charge is 0.573 e. The fourth-order valence-electron chi connectivity index (χ4n) is 3.16. The van der Waals surface area contributed by atoms with Crippen molar-refractivity contribution in [2.24, 2.45) is 5.92 Å². The van der Waals surface area contributed by atoms with Crippen LogP contribution in [0, 0.1) is 5.92 Å². The lowest BCUT2D eigenvalue weighted by atomic mass is 9.98. The van der Waals surface area contributed by atoms with Gasteiger partial charge in [0.25, 0.3) is 0 Å². The Morgan fingerprint density at radius 2 is 1.55 bits per heavy atom. The van der Waals surface area contributed by atoms with Crippen LogP contribution >= 0.6 is 0 Å². The lowest BCUT2D eigenvalue weighted by Crippen LogP contribution is -2.20. The number of carbonyl (C=O) groups excluding carboxylic acids is 1. The molecule has 0 atom stereocenters.